The summed E-state index contributed by atoms with van der Waals surface area (Å²) < 4.78 is 0. The monoisotopic (exact) mass is 329 g/mol. The normalized spacial score (nSPS) is 11.7. The molecule has 0 amide bonds. The third-order valence-electron chi connectivity index (χ3n) is 4.62. The number of aliphatic hydroxyl groups is 2. The van der Waals surface area contributed by atoms with Gasteiger partial charge >= 0.3 is 0 Å². The Balaban J connectivity index is 3.05. The van der Waals surface area contributed by atoms with Crippen molar-refractivity contribution in [1.82, 2.24) is 4.90 Å². The van der Waals surface area contributed by atoms with E-state index in [1.807, 2.05) is 11.9 Å². The molecule has 0 atom stereocenters. The minimum absolute atomic E-state index is 0.360. The molecular formula is C20H43NO2. The van der Waals surface area contributed by atoms with Crippen molar-refractivity contribution < 1.29 is 10.2 Å². The maximum atomic E-state index is 8.86. The fourth-order valence-electron chi connectivity index (χ4n) is 3.12. The Bertz CT molecular complexity index is 222. The maximum Gasteiger partial charge on any atom is 0.164 e. The lowest BCUT2D eigenvalue weighted by molar-refractivity contribution is -0.0573. The number of unbranched alkanes of at least 4 members (excludes halogenated alkanes) is 14. The van der Waals surface area contributed by atoms with E-state index in [-0.39, 0.29) is 0 Å². The van der Waals surface area contributed by atoms with Crippen LogP contribution in [0.25, 0.3) is 0 Å². The molecular weight excluding hydrogens is 286 g/mol. The zero-order chi connectivity index (χ0) is 17.2. The van der Waals surface area contributed by atoms with Gasteiger partial charge in [0.15, 0.2) is 6.29 Å². The van der Waals surface area contributed by atoms with Crippen molar-refractivity contribution >= 4 is 0 Å². The molecule has 0 saturated carbocycles. The van der Waals surface area contributed by atoms with Crippen LogP contribution in [-0.2, 0) is 0 Å². The molecule has 23 heavy (non-hydrogen) atoms. The predicted octanol–water partition coefficient (Wildman–Crippen LogP) is 5.10. The van der Waals surface area contributed by atoms with Gasteiger partial charge in [-0.2, -0.15) is 0 Å². The molecule has 3 heteroatoms. The van der Waals surface area contributed by atoms with Crippen LogP contribution >= 0.6 is 0 Å². The van der Waals surface area contributed by atoms with E-state index in [2.05, 4.69) is 6.92 Å². The Kier molecular flexibility index (Phi) is 18.1. The Labute approximate surface area is 145 Å². The lowest BCUT2D eigenvalue weighted by Gasteiger charge is -2.17. The predicted molar refractivity (Wildman–Crippen MR) is 101 cm³/mol. The molecule has 0 aromatic carbocycles. The molecule has 0 unspecified atom stereocenters. The third kappa shape index (κ3) is 19.8. The van der Waals surface area contributed by atoms with Crippen molar-refractivity contribution in [2.45, 2.75) is 110 Å². The fraction of sp³-hybridized carbons (Fsp3) is 1.00. The summed E-state index contributed by atoms with van der Waals surface area (Å²) in [6.07, 6.45) is 19.6. The largest absolute Gasteiger partial charge is 0.367 e. The van der Waals surface area contributed by atoms with Gasteiger partial charge in [0.25, 0.3) is 0 Å². The average Bonchev–Trinajstić information content (AvgIpc) is 2.50. The van der Waals surface area contributed by atoms with Crippen LogP contribution in [0.5, 0.6) is 0 Å². The van der Waals surface area contributed by atoms with E-state index < -0.39 is 6.29 Å². The Morgan fingerprint density at radius 1 is 0.609 bits per heavy atom. The van der Waals surface area contributed by atoms with Crippen LogP contribution in [0.4, 0.5) is 0 Å². The first-order valence-electron chi connectivity index (χ1n) is 10.2. The summed E-state index contributed by atoms with van der Waals surface area (Å²) in [5.74, 6) is 0. The Morgan fingerprint density at radius 3 is 1.30 bits per heavy atom. The Morgan fingerprint density at radius 2 is 0.957 bits per heavy atom. The topological polar surface area (TPSA) is 43.7 Å². The maximum absolute atomic E-state index is 8.86. The fourth-order valence-corrected chi connectivity index (χ4v) is 3.12. The van der Waals surface area contributed by atoms with Crippen LogP contribution < -0.4 is 0 Å². The van der Waals surface area contributed by atoms with E-state index in [1.165, 1.54) is 96.3 Å². The number of likely N-dealkylation sites (N-methyl/N-ethyl adjacent to an activating group) is 1. The van der Waals surface area contributed by atoms with Gasteiger partial charge in [0.05, 0.1) is 0 Å². The molecule has 0 saturated heterocycles. The first-order valence-corrected chi connectivity index (χ1v) is 10.2. The quantitative estimate of drug-likeness (QED) is 0.271. The van der Waals surface area contributed by atoms with Crippen molar-refractivity contribution in [2.75, 3.05) is 20.1 Å². The standard InChI is InChI=1S/C20H43NO2/c1-3-4-5-6-7-8-9-10-11-12-13-14-15-16-17-18-21(2)19-20(22)23/h20,22-23H,3-19H2,1-2H3. The van der Waals surface area contributed by atoms with E-state index in [1.54, 1.807) is 0 Å². The zero-order valence-electron chi connectivity index (χ0n) is 15.9. The molecule has 0 bridgehead atoms. The lowest BCUT2D eigenvalue weighted by atomic mass is 10.0. The molecule has 0 aliphatic carbocycles. The summed E-state index contributed by atoms with van der Waals surface area (Å²) >= 11 is 0. The van der Waals surface area contributed by atoms with Crippen molar-refractivity contribution in [1.29, 1.82) is 0 Å². The van der Waals surface area contributed by atoms with E-state index in [0.29, 0.717) is 6.54 Å². The molecule has 0 aromatic heterocycles. The molecule has 3 nitrogen and oxygen atoms in total. The summed E-state index contributed by atoms with van der Waals surface area (Å²) in [5, 5.41) is 17.7. The molecule has 0 heterocycles. The highest BCUT2D eigenvalue weighted by Gasteiger charge is 2.03. The molecule has 0 aliphatic rings. The molecule has 0 spiro atoms. The van der Waals surface area contributed by atoms with E-state index in [9.17, 15) is 0 Å². The van der Waals surface area contributed by atoms with Crippen LogP contribution in [-0.4, -0.2) is 41.5 Å². The van der Waals surface area contributed by atoms with Crippen LogP contribution in [0.2, 0.25) is 0 Å². The second-order valence-electron chi connectivity index (χ2n) is 7.19. The van der Waals surface area contributed by atoms with Crippen LogP contribution in [0, 0.1) is 0 Å². The summed E-state index contributed by atoms with van der Waals surface area (Å²) in [7, 11) is 1.95. The van der Waals surface area contributed by atoms with Crippen LogP contribution in [0.1, 0.15) is 103 Å². The highest BCUT2D eigenvalue weighted by atomic mass is 16.5. The SMILES string of the molecule is CCCCCCCCCCCCCCCCCN(C)CC(O)O. The molecule has 0 rings (SSSR count). The van der Waals surface area contributed by atoms with Gasteiger partial charge < -0.3 is 15.1 Å². The molecule has 0 aromatic rings. The second-order valence-corrected chi connectivity index (χ2v) is 7.19. The van der Waals surface area contributed by atoms with Gasteiger partial charge in [-0.15, -0.1) is 0 Å². The van der Waals surface area contributed by atoms with Gasteiger partial charge in [-0.3, -0.25) is 0 Å². The number of hydrogen-bond acceptors (Lipinski definition) is 3. The van der Waals surface area contributed by atoms with Crippen LogP contribution in [0.15, 0.2) is 0 Å². The van der Waals surface area contributed by atoms with E-state index in [4.69, 9.17) is 10.2 Å². The van der Waals surface area contributed by atoms with E-state index in [0.717, 1.165) is 6.54 Å². The lowest BCUT2D eigenvalue weighted by Crippen LogP contribution is -2.29. The van der Waals surface area contributed by atoms with Gasteiger partial charge in [-0.25, -0.2) is 0 Å². The highest BCUT2D eigenvalue weighted by molar-refractivity contribution is 4.54. The summed E-state index contributed by atoms with van der Waals surface area (Å²) in [4.78, 5) is 1.99. The Hall–Kier alpha value is -0.120. The average molecular weight is 330 g/mol. The number of rotatable bonds is 18. The number of hydrogen-bond donors (Lipinski definition) is 2. The highest BCUT2D eigenvalue weighted by Crippen LogP contribution is 2.13. The van der Waals surface area contributed by atoms with E-state index >= 15 is 0 Å². The first-order chi connectivity index (χ1) is 11.2. The molecule has 2 N–H and O–H groups in total. The number of nitrogens with zero attached hydrogens (tertiary/aromatic N) is 1. The number of aliphatic hydroxyl groups excluding tert-OH is 1. The first kappa shape index (κ1) is 22.9. The molecule has 0 fully saturated rings. The van der Waals surface area contributed by atoms with Crippen molar-refractivity contribution in [2.24, 2.45) is 0 Å². The molecule has 140 valence electrons. The van der Waals surface area contributed by atoms with Gasteiger partial charge in [0.2, 0.25) is 0 Å². The van der Waals surface area contributed by atoms with Crippen LogP contribution in [0.3, 0.4) is 0 Å². The second kappa shape index (κ2) is 18.2. The van der Waals surface area contributed by atoms with Crippen molar-refractivity contribution in [3.63, 3.8) is 0 Å². The summed E-state index contributed by atoms with van der Waals surface area (Å²) in [6, 6.07) is 0. The zero-order valence-corrected chi connectivity index (χ0v) is 15.9. The van der Waals surface area contributed by atoms with Crippen molar-refractivity contribution in [3.8, 4) is 0 Å². The summed E-state index contributed by atoms with van der Waals surface area (Å²) in [6.45, 7) is 3.61. The van der Waals surface area contributed by atoms with Gasteiger partial charge in [-0.1, -0.05) is 96.8 Å². The van der Waals surface area contributed by atoms with Gasteiger partial charge in [-0.05, 0) is 20.0 Å². The summed E-state index contributed by atoms with van der Waals surface area (Å²) in [5.41, 5.74) is 0. The van der Waals surface area contributed by atoms with Gasteiger partial charge in [0.1, 0.15) is 0 Å². The van der Waals surface area contributed by atoms with Gasteiger partial charge in [0, 0.05) is 6.54 Å². The third-order valence-corrected chi connectivity index (χ3v) is 4.62. The minimum Gasteiger partial charge on any atom is -0.367 e. The smallest absolute Gasteiger partial charge is 0.164 e. The molecule has 0 radical (unpaired) electrons. The molecule has 0 aliphatic heterocycles. The van der Waals surface area contributed by atoms with Crippen molar-refractivity contribution in [3.05, 3.63) is 0 Å². The minimum atomic E-state index is -1.20.